The Morgan fingerprint density at radius 1 is 0.417 bits per heavy atom. The molecule has 0 fully saturated rings. The Hall–Kier alpha value is -0.530. The Labute approximate surface area is 228 Å². The van der Waals surface area contributed by atoms with E-state index >= 15 is 0 Å². The van der Waals surface area contributed by atoms with Gasteiger partial charge in [0.2, 0.25) is 0 Å². The van der Waals surface area contributed by atoms with Crippen LogP contribution < -0.4 is 0 Å². The van der Waals surface area contributed by atoms with E-state index in [0.717, 1.165) is 19.3 Å². The highest BCUT2D eigenvalue weighted by atomic mass is 16.5. The molecule has 1 atom stereocenters. The minimum atomic E-state index is 0.105. The van der Waals surface area contributed by atoms with Crippen LogP contribution in [0.5, 0.6) is 0 Å². The number of rotatable bonds is 30. The van der Waals surface area contributed by atoms with E-state index in [4.69, 9.17) is 4.74 Å². The Morgan fingerprint density at radius 2 is 0.694 bits per heavy atom. The van der Waals surface area contributed by atoms with Gasteiger partial charge in [-0.15, -0.1) is 0 Å². The van der Waals surface area contributed by atoms with Gasteiger partial charge in [0.15, 0.2) is 0 Å². The molecule has 0 saturated heterocycles. The van der Waals surface area contributed by atoms with E-state index in [-0.39, 0.29) is 11.9 Å². The predicted octanol–water partition coefficient (Wildman–Crippen LogP) is 12.1. The maximum Gasteiger partial charge on any atom is 0.308 e. The van der Waals surface area contributed by atoms with Crippen LogP contribution in [-0.4, -0.2) is 12.6 Å². The van der Waals surface area contributed by atoms with Gasteiger partial charge in [-0.25, -0.2) is 0 Å². The zero-order valence-corrected chi connectivity index (χ0v) is 25.4. The Morgan fingerprint density at radius 3 is 1.03 bits per heavy atom. The van der Waals surface area contributed by atoms with Gasteiger partial charge in [-0.1, -0.05) is 181 Å². The van der Waals surface area contributed by atoms with Gasteiger partial charge in [-0.2, -0.15) is 0 Å². The summed E-state index contributed by atoms with van der Waals surface area (Å²) in [6, 6.07) is 0. The van der Waals surface area contributed by atoms with Crippen molar-refractivity contribution in [3.8, 4) is 0 Å². The third kappa shape index (κ3) is 26.5. The second-order valence-corrected chi connectivity index (χ2v) is 11.6. The standard InChI is InChI=1S/C34H68O2/c1-4-7-10-13-15-17-18-19-21-23-25-28-31-33(34(35)36-32-29-26-12-9-6-3)30-27-24-22-20-16-14-11-8-5-2/h33H,4-32H2,1-3H3. The number of hydrogen-bond acceptors (Lipinski definition) is 2. The van der Waals surface area contributed by atoms with Crippen molar-refractivity contribution in [2.45, 2.75) is 201 Å². The van der Waals surface area contributed by atoms with Gasteiger partial charge in [0.05, 0.1) is 12.5 Å². The van der Waals surface area contributed by atoms with E-state index in [2.05, 4.69) is 20.8 Å². The van der Waals surface area contributed by atoms with Crippen molar-refractivity contribution in [1.82, 2.24) is 0 Å². The molecule has 2 nitrogen and oxygen atoms in total. The van der Waals surface area contributed by atoms with E-state index in [1.165, 1.54) is 161 Å². The monoisotopic (exact) mass is 509 g/mol. The molecule has 0 saturated carbocycles. The van der Waals surface area contributed by atoms with E-state index in [1.807, 2.05) is 0 Å². The quantitative estimate of drug-likeness (QED) is 0.0712. The largest absolute Gasteiger partial charge is 0.465 e. The summed E-state index contributed by atoms with van der Waals surface area (Å²) < 4.78 is 5.74. The SMILES string of the molecule is CCCCCCCCCCCCCCC(CCCCCCCCCCC)C(=O)OCCCCCCC. The fraction of sp³-hybridized carbons (Fsp3) is 0.971. The molecule has 0 heterocycles. The lowest BCUT2D eigenvalue weighted by Crippen LogP contribution is -2.18. The number of unbranched alkanes of at least 4 members (excludes halogenated alkanes) is 23. The molecule has 0 aliphatic carbocycles. The van der Waals surface area contributed by atoms with E-state index < -0.39 is 0 Å². The number of ether oxygens (including phenoxy) is 1. The number of hydrogen-bond donors (Lipinski definition) is 0. The summed E-state index contributed by atoms with van der Waals surface area (Å²) in [5.74, 6) is 0.251. The summed E-state index contributed by atoms with van der Waals surface area (Å²) in [4.78, 5) is 12.8. The first-order chi connectivity index (χ1) is 17.8. The zero-order valence-electron chi connectivity index (χ0n) is 25.4. The minimum absolute atomic E-state index is 0.105. The summed E-state index contributed by atoms with van der Waals surface area (Å²) in [6.07, 6.45) is 36.8. The van der Waals surface area contributed by atoms with Crippen molar-refractivity contribution in [1.29, 1.82) is 0 Å². The van der Waals surface area contributed by atoms with Gasteiger partial charge in [0.1, 0.15) is 0 Å². The molecule has 0 N–H and O–H groups in total. The molecular formula is C34H68O2. The molecule has 0 amide bonds. The molecule has 0 spiro atoms. The summed E-state index contributed by atoms with van der Waals surface area (Å²) in [7, 11) is 0. The van der Waals surface area contributed by atoms with Crippen LogP contribution in [0.1, 0.15) is 201 Å². The van der Waals surface area contributed by atoms with Gasteiger partial charge >= 0.3 is 5.97 Å². The molecule has 0 aromatic heterocycles. The molecule has 0 aliphatic heterocycles. The average molecular weight is 509 g/mol. The van der Waals surface area contributed by atoms with Crippen molar-refractivity contribution >= 4 is 5.97 Å². The average Bonchev–Trinajstić information content (AvgIpc) is 2.89. The number of carbonyl (C=O) groups is 1. The minimum Gasteiger partial charge on any atom is -0.465 e. The van der Waals surface area contributed by atoms with Crippen LogP contribution in [-0.2, 0) is 9.53 Å². The van der Waals surface area contributed by atoms with E-state index in [1.54, 1.807) is 0 Å². The lowest BCUT2D eigenvalue weighted by molar-refractivity contribution is -0.149. The molecule has 216 valence electrons. The normalized spacial score (nSPS) is 12.2. The van der Waals surface area contributed by atoms with Gasteiger partial charge < -0.3 is 4.74 Å². The smallest absolute Gasteiger partial charge is 0.308 e. The van der Waals surface area contributed by atoms with Gasteiger partial charge in [0.25, 0.3) is 0 Å². The highest BCUT2D eigenvalue weighted by Crippen LogP contribution is 2.21. The van der Waals surface area contributed by atoms with Crippen LogP contribution in [0, 0.1) is 5.92 Å². The van der Waals surface area contributed by atoms with Gasteiger partial charge in [0, 0.05) is 0 Å². The molecule has 1 unspecified atom stereocenters. The molecule has 2 heteroatoms. The van der Waals surface area contributed by atoms with E-state index in [9.17, 15) is 4.79 Å². The second kappa shape index (κ2) is 30.7. The third-order valence-corrected chi connectivity index (χ3v) is 7.89. The molecule has 36 heavy (non-hydrogen) atoms. The van der Waals surface area contributed by atoms with Crippen LogP contribution in [0.4, 0.5) is 0 Å². The predicted molar refractivity (Wildman–Crippen MR) is 161 cm³/mol. The maximum atomic E-state index is 12.8. The van der Waals surface area contributed by atoms with Gasteiger partial charge in [-0.05, 0) is 19.3 Å². The molecule has 0 bridgehead atoms. The van der Waals surface area contributed by atoms with Gasteiger partial charge in [-0.3, -0.25) is 4.79 Å². The van der Waals surface area contributed by atoms with Crippen molar-refractivity contribution in [2.24, 2.45) is 5.92 Å². The molecule has 0 aromatic rings. The lowest BCUT2D eigenvalue weighted by Gasteiger charge is -2.16. The zero-order chi connectivity index (χ0) is 26.4. The summed E-state index contributed by atoms with van der Waals surface area (Å²) >= 11 is 0. The summed E-state index contributed by atoms with van der Waals surface area (Å²) in [5, 5.41) is 0. The molecule has 0 aromatic carbocycles. The van der Waals surface area contributed by atoms with Crippen molar-refractivity contribution in [2.75, 3.05) is 6.61 Å². The first kappa shape index (κ1) is 35.5. The fourth-order valence-corrected chi connectivity index (χ4v) is 5.31. The molecule has 0 radical (unpaired) electrons. The molecule has 0 rings (SSSR count). The van der Waals surface area contributed by atoms with Crippen LogP contribution in [0.25, 0.3) is 0 Å². The molecular weight excluding hydrogens is 440 g/mol. The molecule has 0 aliphatic rings. The van der Waals surface area contributed by atoms with Crippen molar-refractivity contribution in [3.63, 3.8) is 0 Å². The highest BCUT2D eigenvalue weighted by Gasteiger charge is 2.19. The van der Waals surface area contributed by atoms with E-state index in [0.29, 0.717) is 6.61 Å². The van der Waals surface area contributed by atoms with Crippen LogP contribution >= 0.6 is 0 Å². The first-order valence-corrected chi connectivity index (χ1v) is 16.9. The van der Waals surface area contributed by atoms with Crippen LogP contribution in [0.15, 0.2) is 0 Å². The fourth-order valence-electron chi connectivity index (χ4n) is 5.31. The summed E-state index contributed by atoms with van der Waals surface area (Å²) in [5.41, 5.74) is 0. The van der Waals surface area contributed by atoms with Crippen LogP contribution in [0.2, 0.25) is 0 Å². The summed E-state index contributed by atoms with van der Waals surface area (Å²) in [6.45, 7) is 7.45. The second-order valence-electron chi connectivity index (χ2n) is 11.6. The maximum absolute atomic E-state index is 12.8. The van der Waals surface area contributed by atoms with Crippen LogP contribution in [0.3, 0.4) is 0 Å². The Kier molecular flexibility index (Phi) is 30.2. The number of esters is 1. The number of carbonyl (C=O) groups excluding carboxylic acids is 1. The lowest BCUT2D eigenvalue weighted by atomic mass is 9.94. The third-order valence-electron chi connectivity index (χ3n) is 7.89. The first-order valence-electron chi connectivity index (χ1n) is 16.9. The Balaban J connectivity index is 3.99. The topological polar surface area (TPSA) is 26.3 Å². The van der Waals surface area contributed by atoms with Crippen molar-refractivity contribution in [3.05, 3.63) is 0 Å². The van der Waals surface area contributed by atoms with Crippen molar-refractivity contribution < 1.29 is 9.53 Å². The Bertz CT molecular complexity index is 419. The highest BCUT2D eigenvalue weighted by molar-refractivity contribution is 5.72.